The Balaban J connectivity index is 1.82. The standard InChI is InChI=1S/C16H15N5OS/c1-2-23-14-9-11(6-8-18-14)16(22)20-13-10-19-21-15(13)12-5-3-4-7-17-12/h3-10H,2H2,1H3,(H,19,21)(H,20,22). The second-order valence-corrected chi connectivity index (χ2v) is 5.93. The van der Waals surface area contributed by atoms with Crippen LogP contribution in [0.3, 0.4) is 0 Å². The Bertz CT molecular complexity index is 803. The largest absolute Gasteiger partial charge is 0.319 e. The Kier molecular flexibility index (Phi) is 4.68. The molecule has 0 saturated carbocycles. The van der Waals surface area contributed by atoms with E-state index in [0.29, 0.717) is 16.9 Å². The zero-order chi connectivity index (χ0) is 16.1. The van der Waals surface area contributed by atoms with Crippen LogP contribution in [0.4, 0.5) is 5.69 Å². The summed E-state index contributed by atoms with van der Waals surface area (Å²) in [6.07, 6.45) is 4.91. The first-order chi connectivity index (χ1) is 11.3. The quantitative estimate of drug-likeness (QED) is 0.704. The van der Waals surface area contributed by atoms with Crippen molar-refractivity contribution in [3.63, 3.8) is 0 Å². The maximum Gasteiger partial charge on any atom is 0.255 e. The Hall–Kier alpha value is -2.67. The highest BCUT2D eigenvalue weighted by Crippen LogP contribution is 2.24. The van der Waals surface area contributed by atoms with E-state index in [1.54, 1.807) is 42.5 Å². The van der Waals surface area contributed by atoms with Gasteiger partial charge in [0.25, 0.3) is 5.91 Å². The van der Waals surface area contributed by atoms with E-state index in [1.165, 1.54) is 0 Å². The van der Waals surface area contributed by atoms with Crippen molar-refractivity contribution in [2.75, 3.05) is 11.1 Å². The molecule has 3 rings (SSSR count). The highest BCUT2D eigenvalue weighted by Gasteiger charge is 2.13. The summed E-state index contributed by atoms with van der Waals surface area (Å²) in [4.78, 5) is 20.9. The molecule has 0 saturated heterocycles. The molecule has 0 aliphatic carbocycles. The van der Waals surface area contributed by atoms with Gasteiger partial charge in [0, 0.05) is 18.0 Å². The van der Waals surface area contributed by atoms with E-state index < -0.39 is 0 Å². The topological polar surface area (TPSA) is 83.6 Å². The molecule has 116 valence electrons. The summed E-state index contributed by atoms with van der Waals surface area (Å²) >= 11 is 1.60. The third-order valence-electron chi connectivity index (χ3n) is 3.10. The van der Waals surface area contributed by atoms with Gasteiger partial charge in [0.15, 0.2) is 0 Å². The van der Waals surface area contributed by atoms with Crippen LogP contribution in [0.2, 0.25) is 0 Å². The van der Waals surface area contributed by atoms with Gasteiger partial charge in [-0.15, -0.1) is 11.8 Å². The van der Waals surface area contributed by atoms with Crippen molar-refractivity contribution in [3.8, 4) is 11.4 Å². The number of H-pyrrole nitrogens is 1. The maximum atomic E-state index is 12.4. The lowest BCUT2D eigenvalue weighted by molar-refractivity contribution is 0.102. The number of aromatic nitrogens is 4. The van der Waals surface area contributed by atoms with Gasteiger partial charge in [0.2, 0.25) is 0 Å². The molecule has 0 spiro atoms. The van der Waals surface area contributed by atoms with E-state index in [1.807, 2.05) is 25.1 Å². The lowest BCUT2D eigenvalue weighted by atomic mass is 10.2. The van der Waals surface area contributed by atoms with Gasteiger partial charge < -0.3 is 5.32 Å². The number of rotatable bonds is 5. The van der Waals surface area contributed by atoms with Crippen LogP contribution >= 0.6 is 11.8 Å². The minimum Gasteiger partial charge on any atom is -0.319 e. The highest BCUT2D eigenvalue weighted by atomic mass is 32.2. The fraction of sp³-hybridized carbons (Fsp3) is 0.125. The first-order valence-electron chi connectivity index (χ1n) is 7.13. The van der Waals surface area contributed by atoms with Crippen LogP contribution in [-0.4, -0.2) is 31.8 Å². The van der Waals surface area contributed by atoms with Crippen molar-refractivity contribution >= 4 is 23.4 Å². The number of hydrogen-bond donors (Lipinski definition) is 2. The molecule has 0 aliphatic rings. The Morgan fingerprint density at radius 3 is 2.96 bits per heavy atom. The van der Waals surface area contributed by atoms with Gasteiger partial charge in [-0.05, 0) is 30.0 Å². The number of amides is 1. The van der Waals surface area contributed by atoms with Gasteiger partial charge in [-0.3, -0.25) is 14.9 Å². The van der Waals surface area contributed by atoms with Crippen molar-refractivity contribution in [2.45, 2.75) is 11.9 Å². The number of pyridine rings is 2. The number of nitrogens with one attached hydrogen (secondary N) is 2. The average Bonchev–Trinajstić information content (AvgIpc) is 3.04. The number of nitrogens with zero attached hydrogens (tertiary/aromatic N) is 3. The monoisotopic (exact) mass is 325 g/mol. The SMILES string of the molecule is CCSc1cc(C(=O)Nc2cn[nH]c2-c2ccccn2)ccn1. The Labute approximate surface area is 137 Å². The second-order valence-electron chi connectivity index (χ2n) is 4.64. The van der Waals surface area contributed by atoms with Crippen molar-refractivity contribution < 1.29 is 4.79 Å². The van der Waals surface area contributed by atoms with Crippen LogP contribution in [0, 0.1) is 0 Å². The summed E-state index contributed by atoms with van der Waals surface area (Å²) in [6.45, 7) is 2.05. The molecule has 2 N–H and O–H groups in total. The molecule has 0 radical (unpaired) electrons. The first kappa shape index (κ1) is 15.2. The molecular weight excluding hydrogens is 310 g/mol. The van der Waals surface area contributed by atoms with Crippen molar-refractivity contribution in [3.05, 3.63) is 54.5 Å². The Morgan fingerprint density at radius 1 is 1.26 bits per heavy atom. The normalized spacial score (nSPS) is 10.5. The molecule has 3 aromatic rings. The minimum atomic E-state index is -0.205. The predicted octanol–water partition coefficient (Wildman–Crippen LogP) is 3.23. The van der Waals surface area contributed by atoms with Gasteiger partial charge >= 0.3 is 0 Å². The lowest BCUT2D eigenvalue weighted by Gasteiger charge is -2.06. The molecule has 0 fully saturated rings. The fourth-order valence-electron chi connectivity index (χ4n) is 2.06. The third kappa shape index (κ3) is 3.57. The number of carbonyl (C=O) groups is 1. The zero-order valence-corrected chi connectivity index (χ0v) is 13.3. The molecule has 23 heavy (non-hydrogen) atoms. The van der Waals surface area contributed by atoms with E-state index >= 15 is 0 Å². The third-order valence-corrected chi connectivity index (χ3v) is 3.91. The van der Waals surface area contributed by atoms with Gasteiger partial charge in [0.1, 0.15) is 5.69 Å². The number of thioether (sulfide) groups is 1. The molecule has 0 aromatic carbocycles. The summed E-state index contributed by atoms with van der Waals surface area (Å²) in [5.41, 5.74) is 2.55. The average molecular weight is 325 g/mol. The van der Waals surface area contributed by atoms with Crippen LogP contribution in [0.5, 0.6) is 0 Å². The fourth-order valence-corrected chi connectivity index (χ4v) is 2.70. The maximum absolute atomic E-state index is 12.4. The van der Waals surface area contributed by atoms with Crippen molar-refractivity contribution in [1.82, 2.24) is 20.2 Å². The molecule has 0 unspecified atom stereocenters. The zero-order valence-electron chi connectivity index (χ0n) is 12.5. The van der Waals surface area contributed by atoms with E-state index in [2.05, 4.69) is 25.5 Å². The molecule has 0 atom stereocenters. The Morgan fingerprint density at radius 2 is 2.17 bits per heavy atom. The molecular formula is C16H15N5OS. The van der Waals surface area contributed by atoms with Gasteiger partial charge in [-0.1, -0.05) is 13.0 Å². The van der Waals surface area contributed by atoms with E-state index in [4.69, 9.17) is 0 Å². The molecule has 1 amide bonds. The predicted molar refractivity (Wildman–Crippen MR) is 90.4 cm³/mol. The summed E-state index contributed by atoms with van der Waals surface area (Å²) in [7, 11) is 0. The summed E-state index contributed by atoms with van der Waals surface area (Å²) in [5, 5.41) is 10.6. The van der Waals surface area contributed by atoms with Crippen LogP contribution in [0.1, 0.15) is 17.3 Å². The van der Waals surface area contributed by atoms with E-state index in [0.717, 1.165) is 16.5 Å². The van der Waals surface area contributed by atoms with Crippen LogP contribution in [0.15, 0.2) is 53.9 Å². The molecule has 7 heteroatoms. The van der Waals surface area contributed by atoms with Crippen LogP contribution in [0.25, 0.3) is 11.4 Å². The minimum absolute atomic E-state index is 0.205. The van der Waals surface area contributed by atoms with Gasteiger partial charge in [0.05, 0.1) is 22.6 Å². The highest BCUT2D eigenvalue weighted by molar-refractivity contribution is 7.99. The van der Waals surface area contributed by atoms with Crippen molar-refractivity contribution in [1.29, 1.82) is 0 Å². The lowest BCUT2D eigenvalue weighted by Crippen LogP contribution is -2.12. The number of anilines is 1. The molecule has 6 nitrogen and oxygen atoms in total. The summed E-state index contributed by atoms with van der Waals surface area (Å²) < 4.78 is 0. The van der Waals surface area contributed by atoms with Gasteiger partial charge in [-0.2, -0.15) is 5.10 Å². The second kappa shape index (κ2) is 7.06. The molecule has 0 aliphatic heterocycles. The number of carbonyl (C=O) groups excluding carboxylic acids is 1. The summed E-state index contributed by atoms with van der Waals surface area (Å²) in [6, 6.07) is 9.04. The molecule has 3 heterocycles. The molecule has 3 aromatic heterocycles. The first-order valence-corrected chi connectivity index (χ1v) is 8.11. The molecule has 0 bridgehead atoms. The van der Waals surface area contributed by atoms with Crippen LogP contribution in [-0.2, 0) is 0 Å². The van der Waals surface area contributed by atoms with E-state index in [-0.39, 0.29) is 5.91 Å². The number of aromatic amines is 1. The summed E-state index contributed by atoms with van der Waals surface area (Å²) in [5.74, 6) is 0.702. The van der Waals surface area contributed by atoms with Crippen molar-refractivity contribution in [2.24, 2.45) is 0 Å². The van der Waals surface area contributed by atoms with Gasteiger partial charge in [-0.25, -0.2) is 4.98 Å². The smallest absolute Gasteiger partial charge is 0.255 e. The van der Waals surface area contributed by atoms with Crippen LogP contribution < -0.4 is 5.32 Å². The van der Waals surface area contributed by atoms with E-state index in [9.17, 15) is 4.79 Å². The number of hydrogen-bond acceptors (Lipinski definition) is 5.